The predicted molar refractivity (Wildman–Crippen MR) is 164 cm³/mol. The lowest BCUT2D eigenvalue weighted by Gasteiger charge is -2.32. The molecule has 0 heterocycles. The molecule has 218 valence electrons. The highest BCUT2D eigenvalue weighted by molar-refractivity contribution is 7.92. The number of halogens is 4. The number of amides is 2. The number of sulfonamides is 1. The van der Waals surface area contributed by atoms with Crippen LogP contribution >= 0.6 is 46.4 Å². The summed E-state index contributed by atoms with van der Waals surface area (Å²) in [6.45, 7) is 0.972. The van der Waals surface area contributed by atoms with Crippen molar-refractivity contribution in [3.8, 4) is 0 Å². The summed E-state index contributed by atoms with van der Waals surface area (Å²) in [4.78, 5) is 28.6. The van der Waals surface area contributed by atoms with Crippen LogP contribution in [0.3, 0.4) is 0 Å². The number of hydrogen-bond donors (Lipinski definition) is 1. The van der Waals surface area contributed by atoms with Gasteiger partial charge in [-0.1, -0.05) is 71.4 Å². The van der Waals surface area contributed by atoms with Crippen LogP contribution in [0.1, 0.15) is 38.2 Å². The van der Waals surface area contributed by atoms with Crippen LogP contribution < -0.4 is 9.62 Å². The number of carbonyl (C=O) groups excluding carboxylic acids is 2. The summed E-state index contributed by atoms with van der Waals surface area (Å²) in [5, 5.41) is 4.42. The third-order valence-corrected chi connectivity index (χ3v) is 9.86. The van der Waals surface area contributed by atoms with Gasteiger partial charge in [-0.2, -0.15) is 0 Å². The van der Waals surface area contributed by atoms with Crippen LogP contribution in [-0.2, 0) is 26.2 Å². The number of hydrogen-bond acceptors (Lipinski definition) is 4. The molecule has 3 aromatic carbocycles. The van der Waals surface area contributed by atoms with E-state index in [4.69, 9.17) is 46.4 Å². The maximum absolute atomic E-state index is 14.0. The molecule has 2 amide bonds. The summed E-state index contributed by atoms with van der Waals surface area (Å²) in [5.41, 5.74) is 0.744. The molecule has 1 N–H and O–H groups in total. The van der Waals surface area contributed by atoms with Crippen LogP contribution in [0.4, 0.5) is 5.69 Å². The van der Waals surface area contributed by atoms with E-state index >= 15 is 0 Å². The van der Waals surface area contributed by atoms with E-state index in [1.54, 1.807) is 43.3 Å². The van der Waals surface area contributed by atoms with Crippen LogP contribution in [0.5, 0.6) is 0 Å². The topological polar surface area (TPSA) is 86.8 Å². The van der Waals surface area contributed by atoms with Crippen molar-refractivity contribution in [2.45, 2.75) is 56.1 Å². The Morgan fingerprint density at radius 1 is 0.902 bits per heavy atom. The van der Waals surface area contributed by atoms with Crippen molar-refractivity contribution in [2.24, 2.45) is 0 Å². The molecule has 12 heteroatoms. The quantitative estimate of drug-likeness (QED) is 0.255. The number of nitrogens with zero attached hydrogens (tertiary/aromatic N) is 2. The number of nitrogens with one attached hydrogen (secondary N) is 1. The van der Waals surface area contributed by atoms with Gasteiger partial charge in [-0.25, -0.2) is 8.42 Å². The molecule has 1 aliphatic carbocycles. The molecular weight excluding hydrogens is 628 g/mol. The van der Waals surface area contributed by atoms with Gasteiger partial charge in [-0.15, -0.1) is 0 Å². The van der Waals surface area contributed by atoms with E-state index in [1.165, 1.54) is 35.2 Å². The first-order valence-electron chi connectivity index (χ1n) is 13.0. The average Bonchev–Trinajstić information content (AvgIpc) is 3.44. The maximum Gasteiger partial charge on any atom is 0.264 e. The molecule has 4 rings (SSSR count). The molecule has 0 aromatic heterocycles. The fourth-order valence-electron chi connectivity index (χ4n) is 4.70. The van der Waals surface area contributed by atoms with Crippen LogP contribution in [0.2, 0.25) is 20.1 Å². The lowest BCUT2D eigenvalue weighted by atomic mass is 10.1. The molecule has 0 bridgehead atoms. The van der Waals surface area contributed by atoms with E-state index in [0.29, 0.717) is 25.7 Å². The van der Waals surface area contributed by atoms with Gasteiger partial charge < -0.3 is 10.2 Å². The number of benzene rings is 3. The Morgan fingerprint density at radius 3 is 2.17 bits per heavy atom. The second-order valence-corrected chi connectivity index (χ2v) is 13.4. The highest BCUT2D eigenvalue weighted by Crippen LogP contribution is 2.29. The highest BCUT2D eigenvalue weighted by Gasteiger charge is 2.33. The van der Waals surface area contributed by atoms with Crippen LogP contribution in [0.25, 0.3) is 0 Å². The summed E-state index contributed by atoms with van der Waals surface area (Å²) >= 11 is 24.7. The maximum atomic E-state index is 14.0. The molecule has 1 fully saturated rings. The van der Waals surface area contributed by atoms with Gasteiger partial charge in [0.15, 0.2) is 0 Å². The van der Waals surface area contributed by atoms with Crippen molar-refractivity contribution in [3.05, 3.63) is 92.4 Å². The van der Waals surface area contributed by atoms with Crippen LogP contribution in [0.15, 0.2) is 71.6 Å². The first kappa shape index (κ1) is 31.4. The van der Waals surface area contributed by atoms with Crippen molar-refractivity contribution < 1.29 is 18.0 Å². The molecule has 1 unspecified atom stereocenters. The predicted octanol–water partition coefficient (Wildman–Crippen LogP) is 6.97. The molecule has 0 aliphatic heterocycles. The average molecular weight is 657 g/mol. The van der Waals surface area contributed by atoms with E-state index in [1.807, 2.05) is 0 Å². The lowest BCUT2D eigenvalue weighted by molar-refractivity contribution is -0.139. The van der Waals surface area contributed by atoms with Crippen molar-refractivity contribution in [3.63, 3.8) is 0 Å². The molecule has 41 heavy (non-hydrogen) atoms. The van der Waals surface area contributed by atoms with Crippen molar-refractivity contribution in [1.82, 2.24) is 10.2 Å². The molecule has 1 saturated carbocycles. The van der Waals surface area contributed by atoms with E-state index in [-0.39, 0.29) is 29.1 Å². The Bertz CT molecular complexity index is 1510. The zero-order valence-corrected chi connectivity index (χ0v) is 26.0. The molecule has 0 spiro atoms. The Morgan fingerprint density at radius 2 is 1.54 bits per heavy atom. The summed E-state index contributed by atoms with van der Waals surface area (Å²) in [5.74, 6) is -0.937. The largest absolute Gasteiger partial charge is 0.352 e. The third kappa shape index (κ3) is 7.87. The monoisotopic (exact) mass is 655 g/mol. The SMILES string of the molecule is CC(C(=O)NC1CCCC1)N(Cc1ccc(Cl)cc1Cl)C(=O)CN(c1cccc(Cl)c1)S(=O)(=O)c1ccc(Cl)cc1. The highest BCUT2D eigenvalue weighted by atomic mass is 35.5. The fourth-order valence-corrected chi connectivity index (χ4v) is 6.89. The van der Waals surface area contributed by atoms with Gasteiger partial charge >= 0.3 is 0 Å². The first-order chi connectivity index (χ1) is 19.5. The molecule has 7 nitrogen and oxygen atoms in total. The normalized spacial score (nSPS) is 14.5. The van der Waals surface area contributed by atoms with Crippen molar-refractivity contribution in [2.75, 3.05) is 10.8 Å². The summed E-state index contributed by atoms with van der Waals surface area (Å²) in [6, 6.07) is 15.8. The van der Waals surface area contributed by atoms with Crippen LogP contribution in [-0.4, -0.2) is 43.8 Å². The van der Waals surface area contributed by atoms with E-state index in [9.17, 15) is 18.0 Å². The van der Waals surface area contributed by atoms with Gasteiger partial charge in [-0.05, 0) is 79.9 Å². The summed E-state index contributed by atoms with van der Waals surface area (Å²) in [6.07, 6.45) is 3.80. The molecule has 3 aromatic rings. The smallest absolute Gasteiger partial charge is 0.264 e. The van der Waals surface area contributed by atoms with Crippen LogP contribution in [0, 0.1) is 0 Å². The summed E-state index contributed by atoms with van der Waals surface area (Å²) in [7, 11) is -4.24. The first-order valence-corrected chi connectivity index (χ1v) is 16.0. The number of carbonyl (C=O) groups is 2. The van der Waals surface area contributed by atoms with E-state index in [0.717, 1.165) is 30.0 Å². The Labute approximate surface area is 260 Å². The zero-order valence-electron chi connectivity index (χ0n) is 22.2. The van der Waals surface area contributed by atoms with Gasteiger partial charge in [0.1, 0.15) is 12.6 Å². The van der Waals surface area contributed by atoms with Gasteiger partial charge in [0.2, 0.25) is 11.8 Å². The third-order valence-electron chi connectivity index (χ3n) is 7.00. The summed E-state index contributed by atoms with van der Waals surface area (Å²) < 4.78 is 28.7. The second-order valence-electron chi connectivity index (χ2n) is 9.87. The Hall–Kier alpha value is -2.49. The zero-order chi connectivity index (χ0) is 29.7. The standard InChI is InChI=1S/C29H29Cl4N3O4S/c1-19(29(38)34-24-6-2-3-7-24)35(17-20-9-10-23(32)16-27(20)33)28(37)18-36(25-8-4-5-22(31)15-25)41(39,40)26-13-11-21(30)12-14-26/h4-5,8-16,19,24H,2-3,6-7,17-18H2,1H3,(H,34,38). The minimum absolute atomic E-state index is 0.0364. The molecular formula is C29H29Cl4N3O4S. The van der Waals surface area contributed by atoms with Gasteiger partial charge in [0.25, 0.3) is 10.0 Å². The van der Waals surface area contributed by atoms with Gasteiger partial charge in [0.05, 0.1) is 10.6 Å². The fraction of sp³-hybridized carbons (Fsp3) is 0.310. The number of rotatable bonds is 10. The second kappa shape index (κ2) is 13.7. The minimum atomic E-state index is -4.24. The number of anilines is 1. The minimum Gasteiger partial charge on any atom is -0.352 e. The Balaban J connectivity index is 1.70. The van der Waals surface area contributed by atoms with Crippen molar-refractivity contribution in [1.29, 1.82) is 0 Å². The van der Waals surface area contributed by atoms with Gasteiger partial charge in [0, 0.05) is 32.7 Å². The van der Waals surface area contributed by atoms with E-state index < -0.39 is 28.5 Å². The Kier molecular flexibility index (Phi) is 10.5. The molecule has 0 radical (unpaired) electrons. The molecule has 1 atom stereocenters. The van der Waals surface area contributed by atoms with E-state index in [2.05, 4.69) is 5.32 Å². The lowest BCUT2D eigenvalue weighted by Crippen LogP contribution is -2.52. The van der Waals surface area contributed by atoms with Gasteiger partial charge in [-0.3, -0.25) is 13.9 Å². The molecule has 1 aliphatic rings. The van der Waals surface area contributed by atoms with Crippen molar-refractivity contribution >= 4 is 73.9 Å². The molecule has 0 saturated heterocycles.